The van der Waals surface area contributed by atoms with E-state index in [-0.39, 0.29) is 11.6 Å². The average molecular weight is 388 g/mol. The van der Waals surface area contributed by atoms with E-state index in [1.165, 1.54) is 6.33 Å². The summed E-state index contributed by atoms with van der Waals surface area (Å²) in [6.45, 7) is 0. The van der Waals surface area contributed by atoms with Gasteiger partial charge < -0.3 is 5.32 Å². The van der Waals surface area contributed by atoms with Crippen LogP contribution in [-0.4, -0.2) is 40.6 Å². The average Bonchev–Trinajstić information content (AvgIpc) is 3.30. The maximum absolute atomic E-state index is 12.4. The van der Waals surface area contributed by atoms with Gasteiger partial charge in [-0.15, -0.1) is 5.10 Å². The SMILES string of the molecule is O=c1ccc(-n2cncn2)nn1C1CCC(Nc2ncnc3ccccc23)CC1. The number of benzene rings is 1. The van der Waals surface area contributed by atoms with Gasteiger partial charge in [0.05, 0.1) is 11.6 Å². The van der Waals surface area contributed by atoms with Crippen LogP contribution in [0.2, 0.25) is 0 Å². The molecule has 9 nitrogen and oxygen atoms in total. The largest absolute Gasteiger partial charge is 0.367 e. The van der Waals surface area contributed by atoms with Crippen LogP contribution in [0.4, 0.5) is 5.82 Å². The van der Waals surface area contributed by atoms with Gasteiger partial charge in [-0.05, 0) is 43.9 Å². The first-order chi connectivity index (χ1) is 14.3. The molecule has 1 fully saturated rings. The third-order valence-electron chi connectivity index (χ3n) is 5.39. The highest BCUT2D eigenvalue weighted by atomic mass is 16.1. The minimum absolute atomic E-state index is 0.0752. The van der Waals surface area contributed by atoms with Crippen LogP contribution in [0.25, 0.3) is 16.7 Å². The van der Waals surface area contributed by atoms with Crippen molar-refractivity contribution < 1.29 is 0 Å². The van der Waals surface area contributed by atoms with Crippen LogP contribution in [0.15, 0.2) is 60.2 Å². The lowest BCUT2D eigenvalue weighted by molar-refractivity contribution is 0.302. The standard InChI is InChI=1S/C20H20N8O/c29-19-10-9-18(27-13-21-11-24-27)26-28(19)15-7-5-14(6-8-15)25-20-16-3-1-2-4-17(16)22-12-23-20/h1-4,9-15H,5-8H2,(H,22,23,25). The Morgan fingerprint density at radius 3 is 2.66 bits per heavy atom. The lowest BCUT2D eigenvalue weighted by Crippen LogP contribution is -2.33. The molecule has 1 aliphatic carbocycles. The molecule has 5 rings (SSSR count). The molecule has 0 unspecified atom stereocenters. The number of hydrogen-bond donors (Lipinski definition) is 1. The van der Waals surface area contributed by atoms with Gasteiger partial charge in [-0.2, -0.15) is 5.10 Å². The van der Waals surface area contributed by atoms with E-state index in [4.69, 9.17) is 0 Å². The Hall–Kier alpha value is -3.62. The summed E-state index contributed by atoms with van der Waals surface area (Å²) in [4.78, 5) is 25.1. The molecule has 9 heteroatoms. The fraction of sp³-hybridized carbons (Fsp3) is 0.300. The molecule has 0 radical (unpaired) electrons. The zero-order chi connectivity index (χ0) is 19.6. The van der Waals surface area contributed by atoms with E-state index in [9.17, 15) is 4.79 Å². The molecule has 1 saturated carbocycles. The summed E-state index contributed by atoms with van der Waals surface area (Å²) in [6.07, 6.45) is 8.22. The van der Waals surface area contributed by atoms with Crippen LogP contribution in [0.3, 0.4) is 0 Å². The quantitative estimate of drug-likeness (QED) is 0.572. The minimum Gasteiger partial charge on any atom is -0.367 e. The first-order valence-electron chi connectivity index (χ1n) is 9.69. The molecule has 0 amide bonds. The fourth-order valence-corrected chi connectivity index (χ4v) is 3.90. The highest BCUT2D eigenvalue weighted by molar-refractivity contribution is 5.88. The lowest BCUT2D eigenvalue weighted by Gasteiger charge is -2.30. The summed E-state index contributed by atoms with van der Waals surface area (Å²) in [6, 6.07) is 11.6. The first-order valence-corrected chi connectivity index (χ1v) is 9.69. The van der Waals surface area contributed by atoms with Crippen molar-refractivity contribution in [1.82, 2.24) is 34.5 Å². The number of rotatable bonds is 4. The van der Waals surface area contributed by atoms with E-state index in [0.717, 1.165) is 42.4 Å². The Balaban J connectivity index is 1.31. The topological polar surface area (TPSA) is 103 Å². The molecule has 29 heavy (non-hydrogen) atoms. The molecule has 0 bridgehead atoms. The Morgan fingerprint density at radius 1 is 0.966 bits per heavy atom. The van der Waals surface area contributed by atoms with E-state index < -0.39 is 0 Å². The fourth-order valence-electron chi connectivity index (χ4n) is 3.90. The number of hydrogen-bond acceptors (Lipinski definition) is 7. The molecule has 0 aliphatic heterocycles. The first kappa shape index (κ1) is 17.5. The zero-order valence-corrected chi connectivity index (χ0v) is 15.7. The van der Waals surface area contributed by atoms with E-state index >= 15 is 0 Å². The van der Waals surface area contributed by atoms with Crippen LogP contribution in [0, 0.1) is 0 Å². The predicted molar refractivity (Wildman–Crippen MR) is 108 cm³/mol. The third-order valence-corrected chi connectivity index (χ3v) is 5.39. The predicted octanol–water partition coefficient (Wildman–Crippen LogP) is 2.36. The molecule has 146 valence electrons. The van der Waals surface area contributed by atoms with Crippen molar-refractivity contribution in [3.05, 3.63) is 65.7 Å². The highest BCUT2D eigenvalue weighted by Gasteiger charge is 2.24. The molecule has 0 spiro atoms. The second kappa shape index (κ2) is 7.42. The van der Waals surface area contributed by atoms with Crippen molar-refractivity contribution in [2.75, 3.05) is 5.32 Å². The molecular formula is C20H20N8O. The zero-order valence-electron chi connectivity index (χ0n) is 15.7. The number of para-hydroxylation sites is 1. The van der Waals surface area contributed by atoms with E-state index in [0.29, 0.717) is 11.9 Å². The van der Waals surface area contributed by atoms with Crippen LogP contribution in [-0.2, 0) is 0 Å². The Labute approximate surface area is 166 Å². The lowest BCUT2D eigenvalue weighted by atomic mass is 9.91. The maximum atomic E-state index is 12.4. The molecule has 0 atom stereocenters. The van der Waals surface area contributed by atoms with Gasteiger partial charge in [0.1, 0.15) is 24.8 Å². The van der Waals surface area contributed by atoms with Crippen molar-refractivity contribution >= 4 is 16.7 Å². The summed E-state index contributed by atoms with van der Waals surface area (Å²) < 4.78 is 3.15. The summed E-state index contributed by atoms with van der Waals surface area (Å²) >= 11 is 0. The molecule has 4 aromatic rings. The van der Waals surface area contributed by atoms with Gasteiger partial charge in [0.15, 0.2) is 5.82 Å². The van der Waals surface area contributed by atoms with E-state index in [1.54, 1.807) is 34.2 Å². The molecule has 0 saturated heterocycles. The molecular weight excluding hydrogens is 368 g/mol. The van der Waals surface area contributed by atoms with Gasteiger partial charge in [0, 0.05) is 17.5 Å². The minimum atomic E-state index is -0.0907. The van der Waals surface area contributed by atoms with Crippen LogP contribution in [0.5, 0.6) is 0 Å². The molecule has 3 aromatic heterocycles. The van der Waals surface area contributed by atoms with Gasteiger partial charge in [-0.25, -0.2) is 24.3 Å². The highest BCUT2D eigenvalue weighted by Crippen LogP contribution is 2.30. The normalized spacial score (nSPS) is 19.3. The number of fused-ring (bicyclic) bond motifs is 1. The van der Waals surface area contributed by atoms with Gasteiger partial charge in [0.2, 0.25) is 0 Å². The molecule has 1 N–H and O–H groups in total. The second-order valence-corrected chi connectivity index (χ2v) is 7.20. The maximum Gasteiger partial charge on any atom is 0.267 e. The van der Waals surface area contributed by atoms with Gasteiger partial charge in [0.25, 0.3) is 5.56 Å². The Bertz CT molecular complexity index is 1170. The van der Waals surface area contributed by atoms with Crippen molar-refractivity contribution in [2.45, 2.75) is 37.8 Å². The van der Waals surface area contributed by atoms with Crippen molar-refractivity contribution in [2.24, 2.45) is 0 Å². The molecule has 1 aromatic carbocycles. The summed E-state index contributed by atoms with van der Waals surface area (Å²) in [5.74, 6) is 1.46. The van der Waals surface area contributed by atoms with E-state index in [1.807, 2.05) is 24.3 Å². The summed E-state index contributed by atoms with van der Waals surface area (Å²) in [5.41, 5.74) is 0.839. The number of anilines is 1. The summed E-state index contributed by atoms with van der Waals surface area (Å²) in [5, 5.41) is 13.2. The monoisotopic (exact) mass is 388 g/mol. The number of nitrogens with zero attached hydrogens (tertiary/aromatic N) is 7. The van der Waals surface area contributed by atoms with Gasteiger partial charge in [-0.1, -0.05) is 12.1 Å². The van der Waals surface area contributed by atoms with Crippen molar-refractivity contribution in [1.29, 1.82) is 0 Å². The van der Waals surface area contributed by atoms with Gasteiger partial charge >= 0.3 is 0 Å². The Morgan fingerprint density at radius 2 is 1.83 bits per heavy atom. The molecule has 3 heterocycles. The third kappa shape index (κ3) is 3.46. The van der Waals surface area contributed by atoms with Crippen LogP contribution < -0.4 is 10.9 Å². The number of nitrogens with one attached hydrogen (secondary N) is 1. The number of aromatic nitrogens is 7. The Kier molecular flexibility index (Phi) is 4.47. The van der Waals surface area contributed by atoms with Crippen LogP contribution in [0.1, 0.15) is 31.7 Å². The van der Waals surface area contributed by atoms with Crippen molar-refractivity contribution in [3.63, 3.8) is 0 Å². The van der Waals surface area contributed by atoms with Crippen LogP contribution >= 0.6 is 0 Å². The second-order valence-electron chi connectivity index (χ2n) is 7.20. The van der Waals surface area contributed by atoms with E-state index in [2.05, 4.69) is 30.5 Å². The summed E-state index contributed by atoms with van der Waals surface area (Å²) in [7, 11) is 0. The van der Waals surface area contributed by atoms with Crippen molar-refractivity contribution in [3.8, 4) is 5.82 Å². The molecule has 1 aliphatic rings. The van der Waals surface area contributed by atoms with Gasteiger partial charge in [-0.3, -0.25) is 4.79 Å². The smallest absolute Gasteiger partial charge is 0.267 e.